The van der Waals surface area contributed by atoms with Crippen LogP contribution in [0.25, 0.3) is 0 Å². The Kier molecular flexibility index (Phi) is 6.02. The van der Waals surface area contributed by atoms with Crippen molar-refractivity contribution in [2.45, 2.75) is 13.8 Å². The number of hydrazone groups is 1. The highest BCUT2D eigenvalue weighted by Crippen LogP contribution is 2.22. The minimum Gasteiger partial charge on any atom is -0.483 e. The number of halogens is 2. The summed E-state index contributed by atoms with van der Waals surface area (Å²) in [5.41, 5.74) is 5.10. The molecule has 1 N–H and O–H groups in total. The largest absolute Gasteiger partial charge is 0.483 e. The van der Waals surface area contributed by atoms with Crippen molar-refractivity contribution in [3.63, 3.8) is 0 Å². The molecule has 0 saturated heterocycles. The zero-order valence-electron chi connectivity index (χ0n) is 12.8. The average Bonchev–Trinajstić information content (AvgIpc) is 2.50. The molecular formula is C17H16Cl2N2O2. The second kappa shape index (κ2) is 7.99. The molecule has 120 valence electrons. The van der Waals surface area contributed by atoms with Gasteiger partial charge in [-0.25, -0.2) is 5.43 Å². The lowest BCUT2D eigenvalue weighted by atomic mass is 10.1. The number of nitrogens with one attached hydrogen (secondary N) is 1. The molecule has 23 heavy (non-hydrogen) atoms. The highest BCUT2D eigenvalue weighted by atomic mass is 35.5. The number of benzene rings is 2. The van der Waals surface area contributed by atoms with Crippen LogP contribution in [0.5, 0.6) is 5.75 Å². The predicted octanol–water partition coefficient (Wildman–Crippen LogP) is 4.14. The Morgan fingerprint density at radius 2 is 1.87 bits per heavy atom. The van der Waals surface area contributed by atoms with Gasteiger partial charge in [-0.2, -0.15) is 5.10 Å². The second-order valence-electron chi connectivity index (χ2n) is 4.98. The molecule has 2 aromatic rings. The van der Waals surface area contributed by atoms with Crippen molar-refractivity contribution in [1.82, 2.24) is 5.43 Å². The number of nitrogens with zero attached hydrogens (tertiary/aromatic N) is 1. The molecule has 0 aromatic heterocycles. The summed E-state index contributed by atoms with van der Waals surface area (Å²) in [5, 5.41) is 4.76. The fourth-order valence-electron chi connectivity index (χ4n) is 1.97. The summed E-state index contributed by atoms with van der Waals surface area (Å²) in [5.74, 6) is 0.375. The number of rotatable bonds is 5. The van der Waals surface area contributed by atoms with E-state index < -0.39 is 0 Å². The molecule has 0 fully saturated rings. The maximum absolute atomic E-state index is 11.8. The number of para-hydroxylation sites is 1. The highest BCUT2D eigenvalue weighted by molar-refractivity contribution is 6.42. The fraction of sp³-hybridized carbons (Fsp3) is 0.176. The Morgan fingerprint density at radius 1 is 1.17 bits per heavy atom. The Bertz CT molecular complexity index is 725. The lowest BCUT2D eigenvalue weighted by molar-refractivity contribution is -0.123. The Hall–Kier alpha value is -2.04. The van der Waals surface area contributed by atoms with Crippen LogP contribution in [0.2, 0.25) is 10.0 Å². The quantitative estimate of drug-likeness (QED) is 0.650. The first-order valence-electron chi connectivity index (χ1n) is 6.93. The van der Waals surface area contributed by atoms with Gasteiger partial charge >= 0.3 is 0 Å². The van der Waals surface area contributed by atoms with Crippen molar-refractivity contribution in [2.75, 3.05) is 6.61 Å². The van der Waals surface area contributed by atoms with E-state index in [1.165, 1.54) is 6.21 Å². The smallest absolute Gasteiger partial charge is 0.277 e. The summed E-state index contributed by atoms with van der Waals surface area (Å²) >= 11 is 11.7. The minimum atomic E-state index is -0.344. The van der Waals surface area contributed by atoms with Gasteiger partial charge in [0.1, 0.15) is 5.75 Å². The average molecular weight is 351 g/mol. The predicted molar refractivity (Wildman–Crippen MR) is 93.6 cm³/mol. The molecule has 0 aliphatic carbocycles. The number of hydrogen-bond acceptors (Lipinski definition) is 3. The van der Waals surface area contributed by atoms with E-state index in [4.69, 9.17) is 27.9 Å². The van der Waals surface area contributed by atoms with Crippen LogP contribution in [0.1, 0.15) is 16.7 Å². The third kappa shape index (κ3) is 4.98. The van der Waals surface area contributed by atoms with E-state index in [2.05, 4.69) is 10.5 Å². The topological polar surface area (TPSA) is 50.7 Å². The highest BCUT2D eigenvalue weighted by Gasteiger charge is 2.06. The van der Waals surface area contributed by atoms with Gasteiger partial charge in [0.25, 0.3) is 5.91 Å². The zero-order valence-corrected chi connectivity index (χ0v) is 14.3. The van der Waals surface area contributed by atoms with Crippen LogP contribution in [0.3, 0.4) is 0 Å². The first-order valence-corrected chi connectivity index (χ1v) is 7.69. The van der Waals surface area contributed by atoms with Gasteiger partial charge < -0.3 is 4.74 Å². The first kappa shape index (κ1) is 17.3. The normalized spacial score (nSPS) is 10.8. The summed E-state index contributed by atoms with van der Waals surface area (Å²) in [6.45, 7) is 3.76. The van der Waals surface area contributed by atoms with Crippen LogP contribution in [0.15, 0.2) is 41.5 Å². The molecule has 2 aromatic carbocycles. The van der Waals surface area contributed by atoms with Crippen LogP contribution in [-0.2, 0) is 4.79 Å². The van der Waals surface area contributed by atoms with Crippen LogP contribution >= 0.6 is 23.2 Å². The molecule has 6 heteroatoms. The van der Waals surface area contributed by atoms with Gasteiger partial charge in [0.15, 0.2) is 6.61 Å². The van der Waals surface area contributed by atoms with Crippen LogP contribution in [0, 0.1) is 13.8 Å². The molecule has 2 rings (SSSR count). The lowest BCUT2D eigenvalue weighted by Crippen LogP contribution is -2.25. The summed E-state index contributed by atoms with van der Waals surface area (Å²) in [4.78, 5) is 11.8. The minimum absolute atomic E-state index is 0.107. The number of carbonyl (C=O) groups is 1. The van der Waals surface area contributed by atoms with Crippen molar-refractivity contribution in [1.29, 1.82) is 0 Å². The van der Waals surface area contributed by atoms with E-state index in [0.29, 0.717) is 10.0 Å². The second-order valence-corrected chi connectivity index (χ2v) is 5.79. The molecule has 0 saturated carbocycles. The Labute approximate surface area is 145 Å². The molecule has 0 atom stereocenters. The van der Waals surface area contributed by atoms with Gasteiger partial charge in [0, 0.05) is 0 Å². The number of hydrogen-bond donors (Lipinski definition) is 1. The fourth-order valence-corrected chi connectivity index (χ4v) is 2.27. The van der Waals surface area contributed by atoms with Gasteiger partial charge in [-0.15, -0.1) is 0 Å². The number of carbonyl (C=O) groups excluding carboxylic acids is 1. The van der Waals surface area contributed by atoms with Gasteiger partial charge in [0.2, 0.25) is 0 Å². The third-order valence-corrected chi connectivity index (χ3v) is 3.84. The van der Waals surface area contributed by atoms with E-state index in [0.717, 1.165) is 22.4 Å². The molecule has 0 spiro atoms. The summed E-state index contributed by atoms with van der Waals surface area (Å²) in [7, 11) is 0. The zero-order chi connectivity index (χ0) is 16.8. The Morgan fingerprint density at radius 3 is 2.52 bits per heavy atom. The summed E-state index contributed by atoms with van der Waals surface area (Å²) in [6, 6.07) is 10.9. The number of aryl methyl sites for hydroxylation is 2. The van der Waals surface area contributed by atoms with E-state index in [1.807, 2.05) is 32.0 Å². The first-order chi connectivity index (χ1) is 11.0. The van der Waals surface area contributed by atoms with E-state index >= 15 is 0 Å². The monoisotopic (exact) mass is 350 g/mol. The lowest BCUT2D eigenvalue weighted by Gasteiger charge is -2.10. The molecule has 0 radical (unpaired) electrons. The Balaban J connectivity index is 1.87. The van der Waals surface area contributed by atoms with E-state index in [1.54, 1.807) is 18.2 Å². The van der Waals surface area contributed by atoms with E-state index in [9.17, 15) is 4.79 Å². The molecule has 0 unspecified atom stereocenters. The summed E-state index contributed by atoms with van der Waals surface area (Å²) in [6.07, 6.45) is 1.49. The molecule has 0 aliphatic heterocycles. The van der Waals surface area contributed by atoms with Crippen LogP contribution in [0.4, 0.5) is 0 Å². The van der Waals surface area contributed by atoms with E-state index in [-0.39, 0.29) is 12.5 Å². The third-order valence-electron chi connectivity index (χ3n) is 3.10. The number of ether oxygens (including phenoxy) is 1. The standard InChI is InChI=1S/C17H16Cl2N2O2/c1-11-4-3-5-12(2)17(11)23-10-16(22)21-20-9-13-6-7-14(18)15(19)8-13/h3-9H,10H2,1-2H3,(H,21,22). The van der Waals surface area contributed by atoms with Crippen molar-refractivity contribution < 1.29 is 9.53 Å². The van der Waals surface area contributed by atoms with Gasteiger partial charge in [-0.3, -0.25) is 4.79 Å². The maximum Gasteiger partial charge on any atom is 0.277 e. The van der Waals surface area contributed by atoms with Crippen molar-refractivity contribution in [3.8, 4) is 5.75 Å². The summed E-state index contributed by atoms with van der Waals surface area (Å²) < 4.78 is 5.54. The van der Waals surface area contributed by atoms with Crippen molar-refractivity contribution >= 4 is 35.3 Å². The molecule has 4 nitrogen and oxygen atoms in total. The van der Waals surface area contributed by atoms with Crippen molar-refractivity contribution in [3.05, 3.63) is 63.1 Å². The molecule has 0 bridgehead atoms. The molecule has 0 aliphatic rings. The van der Waals surface area contributed by atoms with Crippen LogP contribution < -0.4 is 10.2 Å². The number of amides is 1. The SMILES string of the molecule is Cc1cccc(C)c1OCC(=O)NN=Cc1ccc(Cl)c(Cl)c1. The van der Waals surface area contributed by atoms with Crippen molar-refractivity contribution in [2.24, 2.45) is 5.10 Å². The van der Waals surface area contributed by atoms with Gasteiger partial charge in [0.05, 0.1) is 16.3 Å². The van der Waals surface area contributed by atoms with Crippen LogP contribution in [-0.4, -0.2) is 18.7 Å². The molecule has 1 amide bonds. The van der Waals surface area contributed by atoms with Gasteiger partial charge in [-0.05, 0) is 42.7 Å². The molecule has 0 heterocycles. The molecular weight excluding hydrogens is 335 g/mol. The maximum atomic E-state index is 11.8. The van der Waals surface area contributed by atoms with Gasteiger partial charge in [-0.1, -0.05) is 47.5 Å².